The predicted molar refractivity (Wildman–Crippen MR) is 84.3 cm³/mol. The van der Waals surface area contributed by atoms with Crippen LogP contribution in [0.25, 0.3) is 0 Å². The van der Waals surface area contributed by atoms with Crippen LogP contribution in [0.5, 0.6) is 0 Å². The fourth-order valence-corrected chi connectivity index (χ4v) is 2.41. The molecule has 0 heterocycles. The second kappa shape index (κ2) is 6.26. The number of carbonyl (C=O) groups is 1. The molecule has 0 bridgehead atoms. The lowest BCUT2D eigenvalue weighted by Gasteiger charge is -2.18. The Kier molecular flexibility index (Phi) is 4.63. The highest BCUT2D eigenvalue weighted by Gasteiger charge is 2.13. The van der Waals surface area contributed by atoms with Crippen molar-refractivity contribution >= 4 is 27.6 Å². The number of carboxylic acid groups (broad SMARTS) is 1. The number of hydrogen-bond donors (Lipinski definition) is 2. The van der Waals surface area contributed by atoms with Gasteiger partial charge in [0.2, 0.25) is 0 Å². The number of carboxylic acids is 1. The van der Waals surface area contributed by atoms with Gasteiger partial charge in [-0.3, -0.25) is 0 Å². The molecule has 21 heavy (non-hydrogen) atoms. The summed E-state index contributed by atoms with van der Waals surface area (Å²) in [5.41, 5.74) is 2.32. The van der Waals surface area contributed by atoms with E-state index in [1.807, 2.05) is 13.8 Å². The van der Waals surface area contributed by atoms with Crippen LogP contribution >= 0.6 is 15.9 Å². The third-order valence-corrected chi connectivity index (χ3v) is 3.78. The van der Waals surface area contributed by atoms with Crippen molar-refractivity contribution < 1.29 is 14.3 Å². The molecule has 3 nitrogen and oxygen atoms in total. The summed E-state index contributed by atoms with van der Waals surface area (Å²) in [6.07, 6.45) is 0. The number of nitrogens with one attached hydrogen (secondary N) is 1. The number of hydrogen-bond acceptors (Lipinski definition) is 2. The fourth-order valence-electron chi connectivity index (χ4n) is 2.07. The Bertz CT molecular complexity index is 688. The molecule has 2 rings (SSSR count). The Balaban J connectivity index is 2.28. The molecule has 2 aromatic carbocycles. The molecule has 2 aromatic rings. The molecule has 110 valence electrons. The zero-order chi connectivity index (χ0) is 15.6. The Hall–Kier alpha value is -1.88. The SMILES string of the molecule is Cc1ccc(C(=O)O)cc1NC(C)c1ccc(Br)cc1F. The minimum absolute atomic E-state index is 0.201. The van der Waals surface area contributed by atoms with Gasteiger partial charge in [-0.1, -0.05) is 28.1 Å². The van der Waals surface area contributed by atoms with Crippen molar-refractivity contribution in [3.05, 3.63) is 63.4 Å². The summed E-state index contributed by atoms with van der Waals surface area (Å²) in [5, 5.41) is 12.2. The number of benzene rings is 2. The second-order valence-corrected chi connectivity index (χ2v) is 5.78. The maximum absolute atomic E-state index is 13.9. The first kappa shape index (κ1) is 15.5. The van der Waals surface area contributed by atoms with Crippen molar-refractivity contribution in [3.8, 4) is 0 Å². The first-order valence-electron chi connectivity index (χ1n) is 6.44. The topological polar surface area (TPSA) is 49.3 Å². The molecule has 2 N–H and O–H groups in total. The van der Waals surface area contributed by atoms with E-state index in [-0.39, 0.29) is 17.4 Å². The molecule has 0 aliphatic carbocycles. The van der Waals surface area contributed by atoms with Crippen LogP contribution in [0.15, 0.2) is 40.9 Å². The third kappa shape index (κ3) is 3.61. The van der Waals surface area contributed by atoms with E-state index in [1.165, 1.54) is 6.07 Å². The van der Waals surface area contributed by atoms with Gasteiger partial charge in [-0.05, 0) is 43.7 Å². The zero-order valence-corrected chi connectivity index (χ0v) is 13.2. The Morgan fingerprint density at radius 1 is 1.29 bits per heavy atom. The van der Waals surface area contributed by atoms with E-state index in [9.17, 15) is 9.18 Å². The minimum atomic E-state index is -0.986. The number of rotatable bonds is 4. The van der Waals surface area contributed by atoms with Crippen molar-refractivity contribution in [1.82, 2.24) is 0 Å². The first-order valence-corrected chi connectivity index (χ1v) is 7.23. The molecule has 0 saturated carbocycles. The molecule has 1 unspecified atom stereocenters. The van der Waals surface area contributed by atoms with E-state index in [2.05, 4.69) is 21.2 Å². The zero-order valence-electron chi connectivity index (χ0n) is 11.7. The van der Waals surface area contributed by atoms with Crippen LogP contribution in [0.1, 0.15) is 34.5 Å². The van der Waals surface area contributed by atoms with Crippen molar-refractivity contribution in [2.24, 2.45) is 0 Å². The highest BCUT2D eigenvalue weighted by Crippen LogP contribution is 2.26. The van der Waals surface area contributed by atoms with E-state index < -0.39 is 5.97 Å². The molecule has 0 aliphatic heterocycles. The minimum Gasteiger partial charge on any atom is -0.478 e. The Morgan fingerprint density at radius 2 is 2.00 bits per heavy atom. The molecule has 0 radical (unpaired) electrons. The van der Waals surface area contributed by atoms with Crippen LogP contribution < -0.4 is 5.32 Å². The summed E-state index contributed by atoms with van der Waals surface area (Å²) < 4.78 is 14.6. The van der Waals surface area contributed by atoms with E-state index in [0.717, 1.165) is 5.56 Å². The molecule has 0 spiro atoms. The van der Waals surface area contributed by atoms with Gasteiger partial charge in [0, 0.05) is 15.7 Å². The van der Waals surface area contributed by atoms with Gasteiger partial charge in [-0.25, -0.2) is 9.18 Å². The number of aromatic carboxylic acids is 1. The smallest absolute Gasteiger partial charge is 0.335 e. The molecule has 0 amide bonds. The van der Waals surface area contributed by atoms with Gasteiger partial charge in [0.05, 0.1) is 11.6 Å². The standard InChI is InChI=1S/C16H15BrFNO2/c1-9-3-4-11(16(20)21)7-15(9)19-10(2)13-6-5-12(17)8-14(13)18/h3-8,10,19H,1-2H3,(H,20,21). The van der Waals surface area contributed by atoms with E-state index >= 15 is 0 Å². The van der Waals surface area contributed by atoms with Crippen molar-refractivity contribution in [2.75, 3.05) is 5.32 Å². The van der Waals surface area contributed by atoms with E-state index in [1.54, 1.807) is 30.3 Å². The van der Waals surface area contributed by atoms with Crippen LogP contribution in [0.4, 0.5) is 10.1 Å². The van der Waals surface area contributed by atoms with Gasteiger partial charge >= 0.3 is 5.97 Å². The fraction of sp³-hybridized carbons (Fsp3) is 0.188. The van der Waals surface area contributed by atoms with Gasteiger partial charge < -0.3 is 10.4 Å². The van der Waals surface area contributed by atoms with Gasteiger partial charge in [0.15, 0.2) is 0 Å². The maximum atomic E-state index is 13.9. The normalized spacial score (nSPS) is 12.0. The lowest BCUT2D eigenvalue weighted by molar-refractivity contribution is 0.0697. The lowest BCUT2D eigenvalue weighted by Crippen LogP contribution is -2.10. The van der Waals surface area contributed by atoms with Crippen molar-refractivity contribution in [2.45, 2.75) is 19.9 Å². The largest absolute Gasteiger partial charge is 0.478 e. The summed E-state index contributed by atoms with van der Waals surface area (Å²) in [7, 11) is 0. The van der Waals surface area contributed by atoms with Crippen LogP contribution in [0, 0.1) is 12.7 Å². The quantitative estimate of drug-likeness (QED) is 0.834. The van der Waals surface area contributed by atoms with E-state index in [0.29, 0.717) is 15.7 Å². The second-order valence-electron chi connectivity index (χ2n) is 4.87. The van der Waals surface area contributed by atoms with E-state index in [4.69, 9.17) is 5.11 Å². The van der Waals surface area contributed by atoms with Crippen LogP contribution in [-0.2, 0) is 0 Å². The molecule has 0 aromatic heterocycles. The molecule has 5 heteroatoms. The predicted octanol–water partition coefficient (Wildman–Crippen LogP) is 4.77. The molecule has 0 fully saturated rings. The first-order chi connectivity index (χ1) is 9.88. The molecule has 0 saturated heterocycles. The average molecular weight is 352 g/mol. The van der Waals surface area contributed by atoms with Gasteiger partial charge in [-0.2, -0.15) is 0 Å². The summed E-state index contributed by atoms with van der Waals surface area (Å²) in [4.78, 5) is 11.0. The molecule has 0 aliphatic rings. The summed E-state index contributed by atoms with van der Waals surface area (Å²) in [5.74, 6) is -1.29. The highest BCUT2D eigenvalue weighted by atomic mass is 79.9. The van der Waals surface area contributed by atoms with Gasteiger partial charge in [-0.15, -0.1) is 0 Å². The molecular weight excluding hydrogens is 337 g/mol. The highest BCUT2D eigenvalue weighted by molar-refractivity contribution is 9.10. The Labute approximate surface area is 130 Å². The monoisotopic (exact) mass is 351 g/mol. The van der Waals surface area contributed by atoms with Crippen molar-refractivity contribution in [3.63, 3.8) is 0 Å². The molecular formula is C16H15BrFNO2. The van der Waals surface area contributed by atoms with Crippen LogP contribution in [0.2, 0.25) is 0 Å². The third-order valence-electron chi connectivity index (χ3n) is 3.29. The van der Waals surface area contributed by atoms with Crippen LogP contribution in [0.3, 0.4) is 0 Å². The number of anilines is 1. The summed E-state index contributed by atoms with van der Waals surface area (Å²) in [6, 6.07) is 9.45. The van der Waals surface area contributed by atoms with Gasteiger partial charge in [0.25, 0.3) is 0 Å². The van der Waals surface area contributed by atoms with Crippen molar-refractivity contribution in [1.29, 1.82) is 0 Å². The van der Waals surface area contributed by atoms with Gasteiger partial charge in [0.1, 0.15) is 5.82 Å². The lowest BCUT2D eigenvalue weighted by atomic mass is 10.1. The van der Waals surface area contributed by atoms with Crippen LogP contribution in [-0.4, -0.2) is 11.1 Å². The number of aryl methyl sites for hydroxylation is 1. The maximum Gasteiger partial charge on any atom is 0.335 e. The summed E-state index contributed by atoms with van der Waals surface area (Å²) in [6.45, 7) is 3.71. The molecule has 1 atom stereocenters. The average Bonchev–Trinajstić information content (AvgIpc) is 2.40. The number of halogens is 2. The Morgan fingerprint density at radius 3 is 2.62 bits per heavy atom. The summed E-state index contributed by atoms with van der Waals surface area (Å²) >= 11 is 3.22.